The molecular formula is C23H23FN4O. The zero-order chi connectivity index (χ0) is 20.1. The third-order valence-corrected chi connectivity index (χ3v) is 4.91. The molecule has 3 aromatic rings. The highest BCUT2D eigenvalue weighted by Crippen LogP contribution is 2.24. The van der Waals surface area contributed by atoms with Gasteiger partial charge in [-0.25, -0.2) is 9.37 Å². The normalized spacial score (nSPS) is 13.3. The first-order valence-corrected chi connectivity index (χ1v) is 9.78. The van der Waals surface area contributed by atoms with Crippen LogP contribution in [0.2, 0.25) is 0 Å². The van der Waals surface area contributed by atoms with Crippen molar-refractivity contribution >= 4 is 28.8 Å². The molecule has 148 valence electrons. The van der Waals surface area contributed by atoms with Gasteiger partial charge in [-0.3, -0.25) is 4.79 Å². The van der Waals surface area contributed by atoms with E-state index >= 15 is 0 Å². The maximum atomic E-state index is 13.2. The van der Waals surface area contributed by atoms with Gasteiger partial charge in [-0.15, -0.1) is 0 Å². The van der Waals surface area contributed by atoms with Crippen molar-refractivity contribution in [3.8, 4) is 0 Å². The average Bonchev–Trinajstić information content (AvgIpc) is 3.25. The minimum Gasteiger partial charge on any atom is -0.372 e. The summed E-state index contributed by atoms with van der Waals surface area (Å²) >= 11 is 0. The van der Waals surface area contributed by atoms with Crippen LogP contribution in [-0.2, 0) is 11.2 Å². The van der Waals surface area contributed by atoms with Crippen LogP contribution in [0.5, 0.6) is 0 Å². The van der Waals surface area contributed by atoms with Crippen molar-refractivity contribution in [1.29, 1.82) is 0 Å². The number of nitrogens with one attached hydrogen (secondary N) is 2. The summed E-state index contributed by atoms with van der Waals surface area (Å²) in [7, 11) is 0. The molecule has 0 radical (unpaired) electrons. The van der Waals surface area contributed by atoms with Crippen molar-refractivity contribution in [2.45, 2.75) is 19.3 Å². The van der Waals surface area contributed by atoms with E-state index < -0.39 is 0 Å². The third kappa shape index (κ3) is 5.10. The quantitative estimate of drug-likeness (QED) is 0.638. The van der Waals surface area contributed by atoms with Crippen LogP contribution >= 0.6 is 0 Å². The molecule has 1 aliphatic heterocycles. The second-order valence-corrected chi connectivity index (χ2v) is 7.15. The number of carbonyl (C=O) groups excluding carboxylic acids is 1. The van der Waals surface area contributed by atoms with Gasteiger partial charge < -0.3 is 15.5 Å². The predicted octanol–water partition coefficient (Wildman–Crippen LogP) is 4.75. The van der Waals surface area contributed by atoms with E-state index in [2.05, 4.69) is 44.8 Å². The van der Waals surface area contributed by atoms with Gasteiger partial charge in [0.15, 0.2) is 0 Å². The van der Waals surface area contributed by atoms with E-state index in [1.807, 2.05) is 6.07 Å². The maximum absolute atomic E-state index is 13.2. The summed E-state index contributed by atoms with van der Waals surface area (Å²) in [6.07, 6.45) is 4.29. The molecule has 29 heavy (non-hydrogen) atoms. The number of benzene rings is 2. The van der Waals surface area contributed by atoms with Crippen molar-refractivity contribution in [2.24, 2.45) is 0 Å². The number of amides is 1. The number of aromatic nitrogens is 1. The van der Waals surface area contributed by atoms with Gasteiger partial charge in [0.05, 0.1) is 18.3 Å². The molecule has 1 aliphatic rings. The van der Waals surface area contributed by atoms with Gasteiger partial charge in [-0.2, -0.15) is 0 Å². The SMILES string of the molecule is O=C(Cc1cccc(F)c1)Nc1ccc(Nc2ccc(N3CCCC3)cc2)cn1. The highest BCUT2D eigenvalue weighted by molar-refractivity contribution is 5.91. The molecule has 0 unspecified atom stereocenters. The zero-order valence-electron chi connectivity index (χ0n) is 16.1. The van der Waals surface area contributed by atoms with Gasteiger partial charge in [0, 0.05) is 24.5 Å². The lowest BCUT2D eigenvalue weighted by Gasteiger charge is -2.18. The summed E-state index contributed by atoms with van der Waals surface area (Å²) in [4.78, 5) is 18.8. The Morgan fingerprint density at radius 1 is 1.00 bits per heavy atom. The first kappa shape index (κ1) is 18.9. The molecule has 1 amide bonds. The average molecular weight is 390 g/mol. The Hall–Kier alpha value is -3.41. The van der Waals surface area contributed by atoms with E-state index in [0.717, 1.165) is 24.5 Å². The Labute approximate surface area is 169 Å². The molecule has 0 aliphatic carbocycles. The van der Waals surface area contributed by atoms with Crippen molar-refractivity contribution in [3.05, 3.63) is 78.2 Å². The molecule has 1 fully saturated rings. The van der Waals surface area contributed by atoms with Crippen molar-refractivity contribution in [2.75, 3.05) is 28.6 Å². The monoisotopic (exact) mass is 390 g/mol. The maximum Gasteiger partial charge on any atom is 0.229 e. The highest BCUT2D eigenvalue weighted by atomic mass is 19.1. The van der Waals surface area contributed by atoms with Crippen LogP contribution in [0.15, 0.2) is 66.9 Å². The van der Waals surface area contributed by atoms with E-state index in [4.69, 9.17) is 0 Å². The van der Waals surface area contributed by atoms with Gasteiger partial charge >= 0.3 is 0 Å². The van der Waals surface area contributed by atoms with E-state index in [1.54, 1.807) is 24.4 Å². The molecule has 1 aromatic heterocycles. The van der Waals surface area contributed by atoms with E-state index in [-0.39, 0.29) is 18.1 Å². The molecule has 1 saturated heterocycles. The lowest BCUT2D eigenvalue weighted by Crippen LogP contribution is -2.17. The smallest absolute Gasteiger partial charge is 0.229 e. The second kappa shape index (κ2) is 8.73. The Morgan fingerprint density at radius 3 is 2.45 bits per heavy atom. The topological polar surface area (TPSA) is 57.3 Å². The highest BCUT2D eigenvalue weighted by Gasteiger charge is 2.11. The number of pyridine rings is 1. The molecule has 6 heteroatoms. The molecule has 5 nitrogen and oxygen atoms in total. The molecule has 0 bridgehead atoms. The van der Waals surface area contributed by atoms with Crippen LogP contribution in [-0.4, -0.2) is 24.0 Å². The van der Waals surface area contributed by atoms with Crippen LogP contribution < -0.4 is 15.5 Å². The summed E-state index contributed by atoms with van der Waals surface area (Å²) in [5.41, 5.74) is 3.69. The van der Waals surface area contributed by atoms with Gasteiger partial charge in [0.2, 0.25) is 5.91 Å². The van der Waals surface area contributed by atoms with Gasteiger partial charge in [-0.1, -0.05) is 12.1 Å². The molecule has 0 atom stereocenters. The number of nitrogens with zero attached hydrogens (tertiary/aromatic N) is 2. The van der Waals surface area contributed by atoms with Crippen molar-refractivity contribution in [3.63, 3.8) is 0 Å². The number of hydrogen-bond donors (Lipinski definition) is 2. The first-order chi connectivity index (χ1) is 14.2. The fourth-order valence-corrected chi connectivity index (χ4v) is 3.46. The van der Waals surface area contributed by atoms with Crippen LogP contribution in [0.3, 0.4) is 0 Å². The molecular weight excluding hydrogens is 367 g/mol. The van der Waals surface area contributed by atoms with E-state index in [0.29, 0.717) is 11.4 Å². The standard InChI is InChI=1S/C23H23FN4O/c24-18-5-3-4-17(14-18)15-23(29)27-22-11-8-20(16-25-22)26-19-6-9-21(10-7-19)28-12-1-2-13-28/h3-11,14,16,26H,1-2,12-13,15H2,(H,25,27,29). The first-order valence-electron chi connectivity index (χ1n) is 9.78. The lowest BCUT2D eigenvalue weighted by molar-refractivity contribution is -0.115. The molecule has 2 aromatic carbocycles. The number of hydrogen-bond acceptors (Lipinski definition) is 4. The van der Waals surface area contributed by atoms with Crippen LogP contribution in [0.25, 0.3) is 0 Å². The number of anilines is 4. The predicted molar refractivity (Wildman–Crippen MR) is 114 cm³/mol. The van der Waals surface area contributed by atoms with Gasteiger partial charge in [-0.05, 0) is 66.9 Å². The van der Waals surface area contributed by atoms with Crippen LogP contribution in [0.1, 0.15) is 18.4 Å². The Balaban J connectivity index is 1.32. The molecule has 2 N–H and O–H groups in total. The minimum atomic E-state index is -0.350. The molecule has 2 heterocycles. The Bertz CT molecular complexity index is 967. The van der Waals surface area contributed by atoms with Crippen molar-refractivity contribution in [1.82, 2.24) is 4.98 Å². The van der Waals surface area contributed by atoms with Crippen molar-refractivity contribution < 1.29 is 9.18 Å². The fourth-order valence-electron chi connectivity index (χ4n) is 3.46. The van der Waals surface area contributed by atoms with Gasteiger partial charge in [0.25, 0.3) is 0 Å². The van der Waals surface area contributed by atoms with Crippen LogP contribution in [0, 0.1) is 5.82 Å². The fraction of sp³-hybridized carbons (Fsp3) is 0.217. The Morgan fingerprint density at radius 2 is 1.76 bits per heavy atom. The third-order valence-electron chi connectivity index (χ3n) is 4.91. The van der Waals surface area contributed by atoms with Crippen LogP contribution in [0.4, 0.5) is 27.3 Å². The zero-order valence-corrected chi connectivity index (χ0v) is 16.1. The summed E-state index contributed by atoms with van der Waals surface area (Å²) in [5.74, 6) is -0.125. The molecule has 0 spiro atoms. The molecule has 4 rings (SSSR count). The van der Waals surface area contributed by atoms with E-state index in [9.17, 15) is 9.18 Å². The summed E-state index contributed by atoms with van der Waals surface area (Å²) < 4.78 is 13.2. The molecule has 0 saturated carbocycles. The lowest BCUT2D eigenvalue weighted by atomic mass is 10.1. The number of carbonyl (C=O) groups is 1. The summed E-state index contributed by atoms with van der Waals surface area (Å²) in [6, 6.07) is 18.0. The summed E-state index contributed by atoms with van der Waals surface area (Å²) in [6.45, 7) is 2.26. The number of halogens is 1. The minimum absolute atomic E-state index is 0.100. The van der Waals surface area contributed by atoms with E-state index in [1.165, 1.54) is 30.7 Å². The summed E-state index contributed by atoms with van der Waals surface area (Å²) in [5, 5.41) is 6.05. The van der Waals surface area contributed by atoms with Gasteiger partial charge in [0.1, 0.15) is 11.6 Å². The second-order valence-electron chi connectivity index (χ2n) is 7.15. The largest absolute Gasteiger partial charge is 0.372 e. The Kier molecular flexibility index (Phi) is 5.70. The number of rotatable bonds is 6.